The number of rotatable bonds is 10. The fourth-order valence-electron chi connectivity index (χ4n) is 2.50. The first-order valence-corrected chi connectivity index (χ1v) is 9.03. The summed E-state index contributed by atoms with van der Waals surface area (Å²) in [6.07, 6.45) is -0.539. The number of aryl methyl sites for hydroxylation is 2. The van der Waals surface area contributed by atoms with E-state index in [1.54, 1.807) is 18.4 Å². The van der Waals surface area contributed by atoms with Crippen LogP contribution in [0.5, 0.6) is 5.75 Å². The molecule has 0 aliphatic carbocycles. The van der Waals surface area contributed by atoms with Gasteiger partial charge in [0.25, 0.3) is 0 Å². The van der Waals surface area contributed by atoms with E-state index < -0.39 is 6.10 Å². The van der Waals surface area contributed by atoms with Crippen LogP contribution >= 0.6 is 11.3 Å². The molecule has 1 aromatic heterocycles. The van der Waals surface area contributed by atoms with E-state index >= 15 is 0 Å². The molecule has 0 aliphatic rings. The molecule has 0 radical (unpaired) electrons. The van der Waals surface area contributed by atoms with Crippen LogP contribution in [-0.2, 0) is 11.3 Å². The molecule has 132 valence electrons. The summed E-state index contributed by atoms with van der Waals surface area (Å²) in [4.78, 5) is 4.82. The Morgan fingerprint density at radius 2 is 1.96 bits per heavy atom. The zero-order chi connectivity index (χ0) is 17.4. The predicted octanol–water partition coefficient (Wildman–Crippen LogP) is 3.25. The van der Waals surface area contributed by atoms with Crippen molar-refractivity contribution < 1.29 is 14.6 Å². The smallest absolute Gasteiger partial charge is 0.122 e. The number of methoxy groups -OCH3 is 1. The Morgan fingerprint density at radius 3 is 2.62 bits per heavy atom. The number of benzene rings is 1. The van der Waals surface area contributed by atoms with Gasteiger partial charge in [0.2, 0.25) is 0 Å². The average Bonchev–Trinajstić information content (AvgIpc) is 2.97. The Bertz CT molecular complexity index is 614. The number of aliphatic hydroxyl groups excluding tert-OH is 1. The average molecular weight is 349 g/mol. The number of hydrogen-bond acceptors (Lipinski definition) is 5. The highest BCUT2D eigenvalue weighted by Gasteiger charge is 2.14. The van der Waals surface area contributed by atoms with Gasteiger partial charge in [0.1, 0.15) is 18.5 Å². The molecule has 0 saturated carbocycles. The van der Waals surface area contributed by atoms with Crippen molar-refractivity contribution in [1.29, 1.82) is 0 Å². The number of hydrogen-bond donors (Lipinski definition) is 1. The van der Waals surface area contributed by atoms with Gasteiger partial charge in [-0.15, -0.1) is 11.3 Å². The van der Waals surface area contributed by atoms with Gasteiger partial charge < -0.3 is 14.6 Å². The molecule has 0 amide bonds. The Balaban J connectivity index is 1.86. The Morgan fingerprint density at radius 1 is 1.17 bits per heavy atom. The van der Waals surface area contributed by atoms with Crippen molar-refractivity contribution in [3.8, 4) is 5.75 Å². The lowest BCUT2D eigenvalue weighted by Crippen LogP contribution is -2.37. The van der Waals surface area contributed by atoms with Crippen LogP contribution in [0.15, 0.2) is 36.4 Å². The number of thiophene rings is 1. The topological polar surface area (TPSA) is 41.9 Å². The normalized spacial score (nSPS) is 12.5. The quantitative estimate of drug-likeness (QED) is 0.715. The first-order chi connectivity index (χ1) is 11.6. The second-order valence-corrected chi connectivity index (χ2v) is 7.34. The molecule has 5 heteroatoms. The third-order valence-corrected chi connectivity index (χ3v) is 4.77. The van der Waals surface area contributed by atoms with Crippen molar-refractivity contribution in [2.75, 3.05) is 33.4 Å². The van der Waals surface area contributed by atoms with Crippen molar-refractivity contribution in [2.45, 2.75) is 26.5 Å². The van der Waals surface area contributed by atoms with Crippen LogP contribution in [0.1, 0.15) is 15.3 Å². The summed E-state index contributed by atoms with van der Waals surface area (Å²) >= 11 is 1.79. The summed E-state index contributed by atoms with van der Waals surface area (Å²) in [5.41, 5.74) is 1.08. The molecule has 0 fully saturated rings. The molecule has 2 aromatic rings. The van der Waals surface area contributed by atoms with Gasteiger partial charge in [0, 0.05) is 36.5 Å². The van der Waals surface area contributed by atoms with Crippen LogP contribution in [0.2, 0.25) is 0 Å². The number of aliphatic hydroxyl groups is 1. The molecule has 1 heterocycles. The minimum atomic E-state index is -0.539. The summed E-state index contributed by atoms with van der Waals surface area (Å²) < 4.78 is 10.9. The second kappa shape index (κ2) is 9.79. The predicted molar refractivity (Wildman–Crippen MR) is 98.9 cm³/mol. The molecule has 1 atom stereocenters. The minimum Gasteiger partial charge on any atom is -0.491 e. The molecule has 4 nitrogen and oxygen atoms in total. The number of ether oxygens (including phenoxy) is 2. The Labute approximate surface area is 148 Å². The molecular formula is C19H27NO3S. The molecule has 0 saturated heterocycles. The van der Waals surface area contributed by atoms with E-state index in [-0.39, 0.29) is 6.61 Å². The molecule has 0 aliphatic heterocycles. The highest BCUT2D eigenvalue weighted by atomic mass is 32.1. The monoisotopic (exact) mass is 349 g/mol. The maximum absolute atomic E-state index is 10.4. The van der Waals surface area contributed by atoms with Crippen LogP contribution in [0.25, 0.3) is 0 Å². The number of para-hydroxylation sites is 1. The maximum Gasteiger partial charge on any atom is 0.122 e. The van der Waals surface area contributed by atoms with Crippen LogP contribution < -0.4 is 4.74 Å². The van der Waals surface area contributed by atoms with E-state index in [9.17, 15) is 5.11 Å². The van der Waals surface area contributed by atoms with E-state index in [0.717, 1.165) is 24.4 Å². The van der Waals surface area contributed by atoms with Crippen molar-refractivity contribution in [3.63, 3.8) is 0 Å². The van der Waals surface area contributed by atoms with Crippen LogP contribution in [0.4, 0.5) is 0 Å². The van der Waals surface area contributed by atoms with Gasteiger partial charge in [-0.05, 0) is 37.6 Å². The van der Waals surface area contributed by atoms with Crippen molar-refractivity contribution in [1.82, 2.24) is 4.90 Å². The molecule has 1 unspecified atom stereocenters. The fourth-order valence-corrected chi connectivity index (χ4v) is 3.43. The van der Waals surface area contributed by atoms with Gasteiger partial charge in [-0.1, -0.05) is 18.2 Å². The molecule has 0 bridgehead atoms. The largest absolute Gasteiger partial charge is 0.491 e. The molecule has 24 heavy (non-hydrogen) atoms. The standard InChI is InChI=1S/C19H27NO3S/c1-15-6-4-5-7-19(15)23-14-17(21)12-20(10-11-22-3)13-18-9-8-16(2)24-18/h4-9,17,21H,10-14H2,1-3H3. The Kier molecular flexibility index (Phi) is 7.72. The lowest BCUT2D eigenvalue weighted by molar-refractivity contribution is 0.0544. The summed E-state index contributed by atoms with van der Waals surface area (Å²) in [5, 5.41) is 10.4. The first kappa shape index (κ1) is 18.9. The van der Waals surface area contributed by atoms with Gasteiger partial charge in [-0.2, -0.15) is 0 Å². The first-order valence-electron chi connectivity index (χ1n) is 8.21. The fraction of sp³-hybridized carbons (Fsp3) is 0.474. The van der Waals surface area contributed by atoms with E-state index in [2.05, 4.69) is 24.0 Å². The summed E-state index contributed by atoms with van der Waals surface area (Å²) in [5.74, 6) is 0.828. The van der Waals surface area contributed by atoms with E-state index in [1.807, 2.05) is 31.2 Å². The van der Waals surface area contributed by atoms with E-state index in [4.69, 9.17) is 9.47 Å². The lowest BCUT2D eigenvalue weighted by Gasteiger charge is -2.24. The molecule has 1 aromatic carbocycles. The van der Waals surface area contributed by atoms with Crippen molar-refractivity contribution in [2.24, 2.45) is 0 Å². The minimum absolute atomic E-state index is 0.289. The summed E-state index contributed by atoms with van der Waals surface area (Å²) in [7, 11) is 1.70. The Hall–Kier alpha value is -1.40. The third-order valence-electron chi connectivity index (χ3n) is 3.78. The van der Waals surface area contributed by atoms with E-state index in [1.165, 1.54) is 9.75 Å². The van der Waals surface area contributed by atoms with Crippen LogP contribution in [-0.4, -0.2) is 49.5 Å². The van der Waals surface area contributed by atoms with Gasteiger partial charge in [-0.3, -0.25) is 4.90 Å². The van der Waals surface area contributed by atoms with Crippen LogP contribution in [0, 0.1) is 13.8 Å². The van der Waals surface area contributed by atoms with Gasteiger partial charge in [-0.25, -0.2) is 0 Å². The third kappa shape index (κ3) is 6.24. The highest BCUT2D eigenvalue weighted by Crippen LogP contribution is 2.18. The van der Waals surface area contributed by atoms with E-state index in [0.29, 0.717) is 13.2 Å². The number of nitrogens with zero attached hydrogens (tertiary/aromatic N) is 1. The highest BCUT2D eigenvalue weighted by molar-refractivity contribution is 7.11. The maximum atomic E-state index is 10.4. The van der Waals surface area contributed by atoms with Crippen LogP contribution in [0.3, 0.4) is 0 Å². The zero-order valence-corrected chi connectivity index (χ0v) is 15.5. The summed E-state index contributed by atoms with van der Waals surface area (Å²) in [6.45, 7) is 7.22. The van der Waals surface area contributed by atoms with Crippen molar-refractivity contribution >= 4 is 11.3 Å². The van der Waals surface area contributed by atoms with Crippen molar-refractivity contribution in [3.05, 3.63) is 51.7 Å². The molecule has 2 rings (SSSR count). The van der Waals surface area contributed by atoms with Gasteiger partial charge >= 0.3 is 0 Å². The van der Waals surface area contributed by atoms with Gasteiger partial charge in [0.05, 0.1) is 6.61 Å². The lowest BCUT2D eigenvalue weighted by atomic mass is 10.2. The SMILES string of the molecule is COCCN(Cc1ccc(C)s1)CC(O)COc1ccccc1C. The molecule has 0 spiro atoms. The zero-order valence-electron chi connectivity index (χ0n) is 14.7. The molecular weight excluding hydrogens is 322 g/mol. The van der Waals surface area contributed by atoms with Gasteiger partial charge in [0.15, 0.2) is 0 Å². The second-order valence-electron chi connectivity index (χ2n) is 5.97. The summed E-state index contributed by atoms with van der Waals surface area (Å²) in [6, 6.07) is 12.1. The molecule has 1 N–H and O–H groups in total.